The predicted octanol–water partition coefficient (Wildman–Crippen LogP) is 0.138. The molecule has 0 aliphatic carbocycles. The fraction of sp³-hybridized carbons (Fsp3) is 0.250. The lowest BCUT2D eigenvalue weighted by atomic mass is 10.2. The van der Waals surface area contributed by atoms with Crippen molar-refractivity contribution in [2.45, 2.75) is 10.8 Å². The third kappa shape index (κ3) is 4.39. The molecule has 0 fully saturated rings. The maximum Gasteiger partial charge on any atom is 0.268 e. The molecule has 0 radical (unpaired) electrons. The van der Waals surface area contributed by atoms with Crippen LogP contribution in [0.1, 0.15) is 5.56 Å². The van der Waals surface area contributed by atoms with Crippen LogP contribution in [0.5, 0.6) is 0 Å². The quantitative estimate of drug-likeness (QED) is 0.309. The van der Waals surface area contributed by atoms with Gasteiger partial charge in [0.1, 0.15) is 7.05 Å². The fourth-order valence-corrected chi connectivity index (χ4v) is 4.86. The van der Waals surface area contributed by atoms with Gasteiger partial charge in [0.05, 0.1) is 4.21 Å². The van der Waals surface area contributed by atoms with Crippen molar-refractivity contribution in [1.29, 1.82) is 0 Å². The molecule has 5 heteroatoms. The van der Waals surface area contributed by atoms with E-state index in [1.807, 2.05) is 32.4 Å². The Balaban J connectivity index is 0.00000144. The van der Waals surface area contributed by atoms with Gasteiger partial charge >= 0.3 is 0 Å². The second-order valence-corrected chi connectivity index (χ2v) is 6.81. The molecule has 0 bridgehead atoms. The van der Waals surface area contributed by atoms with E-state index in [4.69, 9.17) is 0 Å². The summed E-state index contributed by atoms with van der Waals surface area (Å²) in [7, 11) is 5.85. The molecular formula is C12H14INS3. The van der Waals surface area contributed by atoms with Gasteiger partial charge in [-0.05, 0) is 16.6 Å². The van der Waals surface area contributed by atoms with E-state index in [0.29, 0.717) is 0 Å². The van der Waals surface area contributed by atoms with Gasteiger partial charge in [0.15, 0.2) is 6.54 Å². The Morgan fingerprint density at radius 1 is 1.18 bits per heavy atom. The topological polar surface area (TPSA) is 3.01 Å². The van der Waals surface area contributed by atoms with Gasteiger partial charge in [-0.3, -0.25) is 0 Å². The Morgan fingerprint density at radius 2 is 1.88 bits per heavy atom. The summed E-state index contributed by atoms with van der Waals surface area (Å²) in [6, 6.07) is 12.8. The van der Waals surface area contributed by atoms with Gasteiger partial charge in [0.25, 0.3) is 4.67 Å². The normalized spacial score (nSPS) is 11.9. The fourth-order valence-electron chi connectivity index (χ4n) is 1.43. The predicted molar refractivity (Wildman–Crippen MR) is 75.3 cm³/mol. The van der Waals surface area contributed by atoms with Crippen molar-refractivity contribution < 1.29 is 24.0 Å². The van der Waals surface area contributed by atoms with Gasteiger partial charge in [0.2, 0.25) is 0 Å². The number of rotatable bonds is 3. The molecule has 2 aromatic rings. The Hall–Kier alpha value is 0.150. The van der Waals surface area contributed by atoms with E-state index in [0.717, 1.165) is 6.54 Å². The van der Waals surface area contributed by atoms with E-state index in [1.165, 1.54) is 14.4 Å². The lowest BCUT2D eigenvalue weighted by molar-refractivity contribution is -0.00000316. The molecule has 1 nitrogen and oxygen atoms in total. The van der Waals surface area contributed by atoms with Gasteiger partial charge < -0.3 is 24.0 Å². The van der Waals surface area contributed by atoms with Gasteiger partial charge in [-0.15, -0.1) is 11.8 Å². The molecule has 0 aliphatic rings. The molecule has 1 aromatic heterocycles. The van der Waals surface area contributed by atoms with Crippen molar-refractivity contribution in [3.05, 3.63) is 46.6 Å². The highest BCUT2D eigenvalue weighted by Gasteiger charge is 2.04. The Labute approximate surface area is 131 Å². The highest BCUT2D eigenvalue weighted by Crippen LogP contribution is 2.20. The summed E-state index contributed by atoms with van der Waals surface area (Å²) in [4.78, 5) is 0. The molecule has 0 amide bonds. The molecule has 0 N–H and O–H groups in total. The molecule has 1 heterocycles. The molecule has 2 rings (SSSR count). The number of benzene rings is 1. The number of hydrogen-bond acceptors (Lipinski definition) is 3. The van der Waals surface area contributed by atoms with E-state index >= 15 is 0 Å². The maximum absolute atomic E-state index is 2.30. The Bertz CT molecular complexity index is 516. The van der Waals surface area contributed by atoms with E-state index in [1.54, 1.807) is 0 Å². The zero-order valence-corrected chi connectivity index (χ0v) is 14.3. The van der Waals surface area contributed by atoms with Crippen LogP contribution in [0.2, 0.25) is 0 Å². The van der Waals surface area contributed by atoms with Crippen molar-refractivity contribution >= 4 is 32.4 Å². The van der Waals surface area contributed by atoms with E-state index in [-0.39, 0.29) is 24.0 Å². The molecule has 0 unspecified atom stereocenters. The highest BCUT2D eigenvalue weighted by molar-refractivity contribution is 8.02. The molecule has 17 heavy (non-hydrogen) atoms. The van der Waals surface area contributed by atoms with Crippen LogP contribution >= 0.6 is 32.4 Å². The van der Waals surface area contributed by atoms with Crippen LogP contribution in [0.15, 0.2) is 40.6 Å². The molecule has 0 atom stereocenters. The summed E-state index contributed by atoms with van der Waals surface area (Å²) in [6.45, 7) is 0.974. The van der Waals surface area contributed by atoms with Crippen LogP contribution in [0, 0.1) is 0 Å². The third-order valence-corrected chi connectivity index (χ3v) is 6.14. The molecule has 0 saturated heterocycles. The van der Waals surface area contributed by atoms with Crippen LogP contribution in [-0.4, -0.2) is 13.3 Å². The van der Waals surface area contributed by atoms with E-state index < -0.39 is 0 Å². The van der Waals surface area contributed by atoms with Gasteiger partial charge in [-0.2, -0.15) is 0 Å². The molecule has 0 saturated carbocycles. The molecule has 0 spiro atoms. The number of nitrogens with zero attached hydrogens (tertiary/aromatic N) is 1. The van der Waals surface area contributed by atoms with Crippen molar-refractivity contribution in [3.63, 3.8) is 0 Å². The van der Waals surface area contributed by atoms with Crippen LogP contribution in [0.4, 0.5) is 0 Å². The smallest absolute Gasteiger partial charge is 0.268 e. The second-order valence-electron chi connectivity index (χ2n) is 3.51. The first-order chi connectivity index (χ1) is 7.79. The minimum Gasteiger partial charge on any atom is -1.00 e. The number of hydrogen-bond donors (Lipinski definition) is 0. The summed E-state index contributed by atoms with van der Waals surface area (Å²) < 4.78 is 5.04. The summed E-state index contributed by atoms with van der Waals surface area (Å²) in [5.41, 5.74) is 1.36. The molecular weight excluding hydrogens is 381 g/mol. The van der Waals surface area contributed by atoms with Crippen LogP contribution < -0.4 is 33.2 Å². The van der Waals surface area contributed by atoms with Gasteiger partial charge in [-0.1, -0.05) is 40.7 Å². The lowest BCUT2D eigenvalue weighted by Crippen LogP contribution is -3.00. The zero-order valence-electron chi connectivity index (χ0n) is 9.72. The lowest BCUT2D eigenvalue weighted by Gasteiger charge is -1.95. The van der Waals surface area contributed by atoms with Crippen molar-refractivity contribution in [3.8, 4) is 0 Å². The van der Waals surface area contributed by atoms with Crippen molar-refractivity contribution in [2.24, 2.45) is 0 Å². The molecule has 92 valence electrons. The average Bonchev–Trinajstić information content (AvgIpc) is 2.79. The maximum atomic E-state index is 2.30. The summed E-state index contributed by atoms with van der Waals surface area (Å²) >= 11 is 1.82. The first-order valence-corrected chi connectivity index (χ1v) is 8.39. The Kier molecular flexibility index (Phi) is 6.76. The summed E-state index contributed by atoms with van der Waals surface area (Å²) in [5.74, 6) is 0. The number of thioether (sulfide) groups is 1. The SMILES string of the molecule is CSc1cc(=[N+](C)Cc2ccccc2)ss1.[I-]. The third-order valence-electron chi connectivity index (χ3n) is 2.29. The first kappa shape index (κ1) is 15.2. The number of halogens is 1. The molecule has 0 aliphatic heterocycles. The van der Waals surface area contributed by atoms with Crippen molar-refractivity contribution in [2.75, 3.05) is 13.3 Å². The van der Waals surface area contributed by atoms with E-state index in [9.17, 15) is 0 Å². The Morgan fingerprint density at radius 3 is 2.47 bits per heavy atom. The summed E-state index contributed by atoms with van der Waals surface area (Å²) in [5, 5.41) is 0. The van der Waals surface area contributed by atoms with Crippen molar-refractivity contribution in [1.82, 2.24) is 4.58 Å². The minimum absolute atomic E-state index is 0. The van der Waals surface area contributed by atoms with Gasteiger partial charge in [0, 0.05) is 11.6 Å². The average molecular weight is 395 g/mol. The second kappa shape index (κ2) is 7.56. The van der Waals surface area contributed by atoms with Crippen LogP contribution in [0.25, 0.3) is 0 Å². The van der Waals surface area contributed by atoms with Crippen LogP contribution in [-0.2, 0) is 6.54 Å². The van der Waals surface area contributed by atoms with E-state index in [2.05, 4.69) is 54.3 Å². The summed E-state index contributed by atoms with van der Waals surface area (Å²) in [6.07, 6.45) is 2.12. The highest BCUT2D eigenvalue weighted by atomic mass is 127. The van der Waals surface area contributed by atoms with Crippen LogP contribution in [0.3, 0.4) is 0 Å². The zero-order chi connectivity index (χ0) is 11.4. The minimum atomic E-state index is 0. The first-order valence-electron chi connectivity index (χ1n) is 5.02. The largest absolute Gasteiger partial charge is 1.00 e. The molecule has 1 aromatic carbocycles. The van der Waals surface area contributed by atoms with Gasteiger partial charge in [-0.25, -0.2) is 4.58 Å². The standard InChI is InChI=1S/C12H14NS3.HI/c1-13(9-10-6-4-3-5-7-10)11-8-12(14-2)16-15-11;/h3-8H,9H2,1-2H3;1H/q+1;/p-1. The monoisotopic (exact) mass is 395 g/mol.